The maximum atomic E-state index is 5.58. The van der Waals surface area contributed by atoms with Crippen molar-refractivity contribution in [2.75, 3.05) is 7.71 Å². The molecule has 6 aromatic rings. The molecular formula is C76H108Ge2N4. The Bertz CT molecular complexity index is 2680. The predicted octanol–water partition coefficient (Wildman–Crippen LogP) is 22.9. The zero-order valence-corrected chi connectivity index (χ0v) is 60.0. The molecule has 0 spiro atoms. The molecule has 0 atom stereocenters. The van der Waals surface area contributed by atoms with E-state index >= 15 is 0 Å². The van der Waals surface area contributed by atoms with Gasteiger partial charge in [0.1, 0.15) is 0 Å². The smallest absolute Gasteiger partial charge is 0.0536 e. The Labute approximate surface area is 520 Å². The Morgan fingerprint density at radius 1 is 0.341 bits per heavy atom. The normalized spacial score (nSPS) is 12.5. The third-order valence-electron chi connectivity index (χ3n) is 15.7. The zero-order valence-electron chi connectivity index (χ0n) is 55.8. The van der Waals surface area contributed by atoms with Gasteiger partial charge < -0.3 is 0 Å². The van der Waals surface area contributed by atoms with Gasteiger partial charge >= 0.3 is 484 Å². The van der Waals surface area contributed by atoms with Gasteiger partial charge in [0.25, 0.3) is 0 Å². The van der Waals surface area contributed by atoms with E-state index in [2.05, 4.69) is 329 Å². The maximum absolute atomic E-state index is 5.58. The van der Waals surface area contributed by atoms with Crippen LogP contribution in [-0.2, 0) is 10.8 Å². The summed E-state index contributed by atoms with van der Waals surface area (Å²) in [7, 11) is 0. The van der Waals surface area contributed by atoms with Gasteiger partial charge in [0.15, 0.2) is 0 Å². The molecule has 6 aromatic carbocycles. The molecule has 0 bridgehead atoms. The summed E-state index contributed by atoms with van der Waals surface area (Å²) in [5.74, 6) is 5.16. The molecule has 440 valence electrons. The quantitative estimate of drug-likeness (QED) is 0.0394. The first-order chi connectivity index (χ1) is 38.4. The Morgan fingerprint density at radius 2 is 0.549 bits per heavy atom. The van der Waals surface area contributed by atoms with Gasteiger partial charge in [0.05, 0.1) is 0 Å². The van der Waals surface area contributed by atoms with Crippen molar-refractivity contribution in [2.24, 2.45) is 9.98 Å². The van der Waals surface area contributed by atoms with Gasteiger partial charge in [0.2, 0.25) is 0 Å². The molecule has 0 amide bonds. The monoisotopic (exact) mass is 1220 g/mol. The standard InChI is InChI=1S/2C35H47GeN2.C6H14/c2*1-22(2)28-14-12-15-29(23(3)4)32(28)37-34(26-18-20-27(21-19-26)35(9,10)11)38(36)33-30(24(5)6)16-13-17-31(33)25(7)8;1-3-5-6-4-2/h2*12-25H,1-11H3;3-6H2,1-2H3. The number of anilines is 2. The molecule has 0 unspecified atom stereocenters. The van der Waals surface area contributed by atoms with Gasteiger partial charge in [-0.05, 0) is 0 Å². The van der Waals surface area contributed by atoms with Crippen LogP contribution in [0, 0.1) is 0 Å². The number of amidine groups is 2. The first kappa shape index (κ1) is 69.8. The third kappa shape index (κ3) is 18.4. The van der Waals surface area contributed by atoms with Crippen LogP contribution >= 0.6 is 0 Å². The third-order valence-corrected chi connectivity index (χ3v) is 17.5. The van der Waals surface area contributed by atoms with Gasteiger partial charge in [-0.25, -0.2) is 0 Å². The van der Waals surface area contributed by atoms with Gasteiger partial charge in [0, 0.05) is 0 Å². The molecule has 0 fully saturated rings. The van der Waals surface area contributed by atoms with E-state index in [1.807, 2.05) is 0 Å². The van der Waals surface area contributed by atoms with E-state index in [-0.39, 0.29) is 10.8 Å². The summed E-state index contributed by atoms with van der Waals surface area (Å²) in [5, 5.41) is 0. The predicted molar refractivity (Wildman–Crippen MR) is 367 cm³/mol. The van der Waals surface area contributed by atoms with Crippen molar-refractivity contribution in [2.45, 2.75) is 250 Å². The number of rotatable bonds is 17. The number of aliphatic imine (C=N–C) groups is 2. The molecule has 6 rings (SSSR count). The van der Waals surface area contributed by atoms with E-state index in [1.54, 1.807) is 0 Å². The molecular weight excluding hydrogens is 1110 g/mol. The first-order valence-corrected chi connectivity index (χ1v) is 33.2. The molecule has 0 heterocycles. The number of hydrogen-bond donors (Lipinski definition) is 0. The van der Waals surface area contributed by atoms with Gasteiger partial charge in [-0.2, -0.15) is 0 Å². The fraction of sp³-hybridized carbons (Fsp3) is 0.500. The minimum absolute atomic E-state index is 0.103. The SMILES string of the molecule is CC(C)c1cccc(C(C)C)c1N=C(c1ccc(C(C)(C)C)cc1)[N]([Ge])c1c(C(C)C)cccc1C(C)C.CC(C)c1cccc(C(C)C)c1N=C(c1ccc(C(C)(C)C)cc1)[N]([Ge])c1c(C(C)C)cccc1C(C)C.CCCCCC. The second-order valence-corrected chi connectivity index (χ2v) is 29.2. The summed E-state index contributed by atoms with van der Waals surface area (Å²) in [6.07, 6.45) is 5.54. The summed E-state index contributed by atoms with van der Waals surface area (Å²) in [4.78, 5) is 11.2. The molecule has 0 aromatic heterocycles. The number of para-hydroxylation sites is 4. The van der Waals surface area contributed by atoms with Crippen LogP contribution in [0.25, 0.3) is 0 Å². The average molecular weight is 1220 g/mol. The summed E-state index contributed by atoms with van der Waals surface area (Å²) >= 11 is 4.41. The number of benzene rings is 6. The van der Waals surface area contributed by atoms with Crippen molar-refractivity contribution in [3.8, 4) is 0 Å². The van der Waals surface area contributed by atoms with Crippen molar-refractivity contribution >= 4 is 67.9 Å². The largest absolute Gasteiger partial charge is 0.0654 e. The van der Waals surface area contributed by atoms with Crippen LogP contribution in [-0.4, -0.2) is 45.1 Å². The van der Waals surface area contributed by atoms with Crippen LogP contribution in [0.15, 0.2) is 131 Å². The van der Waals surface area contributed by atoms with E-state index in [4.69, 9.17) is 9.98 Å². The molecule has 0 aliphatic carbocycles. The Hall–Kier alpha value is -4.65. The minimum Gasteiger partial charge on any atom is -0.0654 e. The van der Waals surface area contributed by atoms with Crippen molar-refractivity contribution in [1.82, 2.24) is 0 Å². The van der Waals surface area contributed by atoms with E-state index in [9.17, 15) is 0 Å². The zero-order chi connectivity index (χ0) is 61.6. The molecule has 0 saturated heterocycles. The number of unbranched alkanes of at least 4 members (excludes halogenated alkanes) is 3. The van der Waals surface area contributed by atoms with Crippen LogP contribution < -0.4 is 7.71 Å². The van der Waals surface area contributed by atoms with Crippen molar-refractivity contribution < 1.29 is 0 Å². The maximum Gasteiger partial charge on any atom is -0.0536 e. The fourth-order valence-electron chi connectivity index (χ4n) is 10.5. The molecule has 0 N–H and O–H groups in total. The second kappa shape index (κ2) is 31.5. The molecule has 82 heavy (non-hydrogen) atoms. The van der Waals surface area contributed by atoms with Crippen LogP contribution in [0.1, 0.15) is 306 Å². The molecule has 4 nitrogen and oxygen atoms in total. The Kier molecular flexibility index (Phi) is 26.8. The van der Waals surface area contributed by atoms with Crippen LogP contribution in [0.4, 0.5) is 22.7 Å². The molecule has 0 saturated carbocycles. The van der Waals surface area contributed by atoms with E-state index in [1.165, 1.54) is 92.7 Å². The number of nitrogens with zero attached hydrogens (tertiary/aromatic N) is 4. The van der Waals surface area contributed by atoms with Gasteiger partial charge in [-0.3, -0.25) is 0 Å². The topological polar surface area (TPSA) is 31.2 Å². The van der Waals surface area contributed by atoms with Gasteiger partial charge in [-0.15, -0.1) is 0 Å². The van der Waals surface area contributed by atoms with Crippen molar-refractivity contribution in [3.05, 3.63) is 188 Å². The van der Waals surface area contributed by atoms with Crippen molar-refractivity contribution in [3.63, 3.8) is 0 Å². The summed E-state index contributed by atoms with van der Waals surface area (Å²) in [5.41, 5.74) is 20.6. The molecule has 6 radical (unpaired) electrons. The van der Waals surface area contributed by atoms with E-state index in [0.29, 0.717) is 47.3 Å². The first-order valence-electron chi connectivity index (χ1n) is 31.3. The Morgan fingerprint density at radius 3 is 0.732 bits per heavy atom. The van der Waals surface area contributed by atoms with Crippen LogP contribution in [0.5, 0.6) is 0 Å². The van der Waals surface area contributed by atoms with Crippen LogP contribution in [0.2, 0.25) is 0 Å². The molecule has 0 aliphatic heterocycles. The number of hydrogen-bond acceptors (Lipinski definition) is 2. The molecule has 6 heteroatoms. The van der Waals surface area contributed by atoms with Gasteiger partial charge in [-0.1, -0.05) is 39.5 Å². The van der Waals surface area contributed by atoms with Crippen LogP contribution in [0.3, 0.4) is 0 Å². The van der Waals surface area contributed by atoms with Crippen molar-refractivity contribution in [1.29, 1.82) is 0 Å². The Balaban J connectivity index is 0.000000320. The summed E-state index contributed by atoms with van der Waals surface area (Å²) in [6, 6.07) is 45.0. The second-order valence-electron chi connectivity index (χ2n) is 27.3. The van der Waals surface area contributed by atoms with E-state index in [0.717, 1.165) is 34.2 Å². The fourth-order valence-corrected chi connectivity index (χ4v) is 12.3. The summed E-state index contributed by atoms with van der Waals surface area (Å²) < 4.78 is 4.72. The molecule has 0 aliphatic rings. The summed E-state index contributed by atoms with van der Waals surface area (Å²) in [6.45, 7) is 54.5. The van der Waals surface area contributed by atoms with E-state index < -0.39 is 0 Å². The average Bonchev–Trinajstić information content (AvgIpc) is 3.41. The minimum atomic E-state index is 0.103.